The molecule has 8 amide bonds. The Morgan fingerprint density at radius 3 is 1.86 bits per heavy atom. The highest BCUT2D eigenvalue weighted by atomic mass is 16.5. The molecule has 27 heteroatoms. The first-order valence-corrected chi connectivity index (χ1v) is 31.6. The van der Waals surface area contributed by atoms with Gasteiger partial charge < -0.3 is 74.3 Å². The summed E-state index contributed by atoms with van der Waals surface area (Å²) in [6, 6.07) is -1.02. The number of amides is 8. The number of cyclic esters (lactones) is 1. The fourth-order valence-electron chi connectivity index (χ4n) is 10.2. The maximum absolute atomic E-state index is 14.5. The molecule has 2 rings (SSSR count). The maximum Gasteiger partial charge on any atom is 0.329 e. The summed E-state index contributed by atoms with van der Waals surface area (Å²) in [4.78, 5) is 170. The lowest BCUT2D eigenvalue weighted by Crippen LogP contribution is -2.59. The third-order valence-corrected chi connectivity index (χ3v) is 17.2. The van der Waals surface area contributed by atoms with Crippen LogP contribution in [-0.4, -0.2) is 175 Å². The highest BCUT2D eigenvalue weighted by Crippen LogP contribution is 2.25. The van der Waals surface area contributed by atoms with E-state index >= 15 is 0 Å². The zero-order chi connectivity index (χ0) is 67.9. The highest BCUT2D eigenvalue weighted by Gasteiger charge is 2.41. The number of likely N-dealkylation sites (N-methyl/N-ethyl adjacent to an activating group) is 1. The van der Waals surface area contributed by atoms with Crippen LogP contribution in [0.25, 0.3) is 0 Å². The summed E-state index contributed by atoms with van der Waals surface area (Å²) in [5.41, 5.74) is 12.1. The average molecular weight is 1270 g/mol. The third-order valence-electron chi connectivity index (χ3n) is 17.2. The first-order chi connectivity index (χ1) is 42.6. The molecule has 1 aliphatic rings. The molecule has 0 unspecified atom stereocenters. The summed E-state index contributed by atoms with van der Waals surface area (Å²) in [5.74, 6) is -14.8. The molecule has 1 fully saturated rings. The second-order valence-corrected chi connectivity index (χ2v) is 24.0. The molecule has 0 bridgehead atoms. The topological polar surface area (TPSA) is 427 Å². The quantitative estimate of drug-likeness (QED) is 0.0181. The van der Waals surface area contributed by atoms with E-state index in [1.807, 2.05) is 37.3 Å². The largest absolute Gasteiger partial charge is 0.458 e. The fraction of sp³-hybridized carbons (Fsp3) is 0.698. The number of carbonyl (C=O) groups excluding carboxylic acids is 12. The van der Waals surface area contributed by atoms with Gasteiger partial charge in [0.2, 0.25) is 47.3 Å². The predicted molar refractivity (Wildman–Crippen MR) is 337 cm³/mol. The van der Waals surface area contributed by atoms with Crippen molar-refractivity contribution in [3.05, 3.63) is 35.9 Å². The van der Waals surface area contributed by atoms with Crippen molar-refractivity contribution in [3.8, 4) is 0 Å². The van der Waals surface area contributed by atoms with Crippen molar-refractivity contribution in [2.24, 2.45) is 57.9 Å². The number of primary amides is 1. The van der Waals surface area contributed by atoms with Gasteiger partial charge in [-0.15, -0.1) is 0 Å². The number of benzene rings is 1. The van der Waals surface area contributed by atoms with Crippen LogP contribution in [0.15, 0.2) is 35.3 Å². The number of aliphatic hydroxyl groups is 2. The van der Waals surface area contributed by atoms with Gasteiger partial charge in [-0.3, -0.25) is 57.7 Å². The van der Waals surface area contributed by atoms with Crippen LogP contribution < -0.4 is 59.3 Å². The Morgan fingerprint density at radius 2 is 1.29 bits per heavy atom. The number of nitrogens with one attached hydrogen (secondary N) is 9. The number of Topliss-reactive ketones (excluding diaryl/α,β-unsaturated/α-hetero) is 3. The average Bonchev–Trinajstić information content (AvgIpc) is 1.42. The smallest absolute Gasteiger partial charge is 0.329 e. The number of aliphatic imine (C=N–C) groups is 1. The van der Waals surface area contributed by atoms with Crippen molar-refractivity contribution in [2.75, 3.05) is 33.9 Å². The number of aliphatic hydroxyl groups excluding tert-OH is 2. The number of carbonyl (C=O) groups is 12. The van der Waals surface area contributed by atoms with Gasteiger partial charge >= 0.3 is 5.97 Å². The van der Waals surface area contributed by atoms with Crippen LogP contribution in [-0.2, 0) is 68.7 Å². The molecule has 1 heterocycles. The molecular formula is C63H104N12O15. The van der Waals surface area contributed by atoms with Crippen LogP contribution in [0, 0.1) is 41.4 Å². The van der Waals surface area contributed by atoms with Gasteiger partial charge in [0.25, 0.3) is 0 Å². The Morgan fingerprint density at radius 1 is 0.689 bits per heavy atom. The van der Waals surface area contributed by atoms with Gasteiger partial charge in [-0.2, -0.15) is 0 Å². The fourth-order valence-corrected chi connectivity index (χ4v) is 10.2. The Bertz CT molecular complexity index is 2590. The Labute approximate surface area is 529 Å². The van der Waals surface area contributed by atoms with Crippen molar-refractivity contribution in [3.63, 3.8) is 0 Å². The van der Waals surface area contributed by atoms with E-state index in [1.165, 1.54) is 20.9 Å². The number of esters is 1. The van der Waals surface area contributed by atoms with Crippen LogP contribution in [0.5, 0.6) is 0 Å². The normalized spacial score (nSPS) is 21.3. The Kier molecular flexibility index (Phi) is 35.3. The SMILES string of the molecule is CC[C@H](C)[C@H](NC(=O)[C@H](CC(=O)[C@@H](CCC(N)=O)NC(=O)[C@H](CO)NC(=O)[C@@H](NC(=O)[C@@H](Cc1ccccc1)NC)[C@@H](C)CC)[C@@H](C)CC)C(=O)C[C@@H](CO)C(=O)N[C@H]1C(=O)C[C@@H](C)C(=O)N[C@@H](CCCCNC(N)=NC)C(=O)N[C@@H]([C@@H](C)CC)C(=O)O[C@H]1C. The Balaban J connectivity index is 2.40. The third kappa shape index (κ3) is 25.5. The van der Waals surface area contributed by atoms with Crippen molar-refractivity contribution in [2.45, 2.75) is 207 Å². The number of nitrogens with two attached hydrogens (primary N) is 2. The van der Waals surface area contributed by atoms with Gasteiger partial charge in [-0.05, 0) is 75.3 Å². The number of rotatable bonds is 37. The van der Waals surface area contributed by atoms with E-state index in [9.17, 15) is 67.7 Å². The monoisotopic (exact) mass is 1270 g/mol. The molecule has 16 atom stereocenters. The van der Waals surface area contributed by atoms with Gasteiger partial charge in [-0.1, -0.05) is 118 Å². The molecule has 0 saturated carbocycles. The lowest BCUT2D eigenvalue weighted by Gasteiger charge is -2.31. The van der Waals surface area contributed by atoms with E-state index in [-0.39, 0.29) is 18.8 Å². The number of hydrogen-bond acceptors (Lipinski definition) is 17. The van der Waals surface area contributed by atoms with Crippen molar-refractivity contribution < 1.29 is 72.5 Å². The number of hydrogen-bond donors (Lipinski definition) is 13. The summed E-state index contributed by atoms with van der Waals surface area (Å²) in [6.45, 7) is 15.3. The first kappa shape index (κ1) is 78.7. The first-order valence-electron chi connectivity index (χ1n) is 31.6. The minimum absolute atomic E-state index is 0.167. The second-order valence-electron chi connectivity index (χ2n) is 24.0. The molecule has 1 aromatic carbocycles. The number of ketones is 3. The zero-order valence-corrected chi connectivity index (χ0v) is 54.7. The van der Waals surface area contributed by atoms with Gasteiger partial charge in [0.1, 0.15) is 36.3 Å². The number of unbranched alkanes of at least 4 members (excludes halogenated alkanes) is 1. The number of guanidine groups is 1. The van der Waals surface area contributed by atoms with Crippen LogP contribution in [0.3, 0.4) is 0 Å². The van der Waals surface area contributed by atoms with E-state index in [1.54, 1.807) is 55.5 Å². The van der Waals surface area contributed by atoms with E-state index in [2.05, 4.69) is 52.8 Å². The minimum Gasteiger partial charge on any atom is -0.458 e. The van der Waals surface area contributed by atoms with Crippen molar-refractivity contribution >= 4 is 76.5 Å². The van der Waals surface area contributed by atoms with E-state index in [0.29, 0.717) is 51.5 Å². The second kappa shape index (κ2) is 40.4. The Hall–Kier alpha value is -7.39. The molecule has 506 valence electrons. The lowest BCUT2D eigenvalue weighted by molar-refractivity contribution is -0.157. The van der Waals surface area contributed by atoms with Gasteiger partial charge in [0, 0.05) is 51.1 Å². The van der Waals surface area contributed by atoms with Crippen LogP contribution in [0.2, 0.25) is 0 Å². The maximum atomic E-state index is 14.5. The molecule has 90 heavy (non-hydrogen) atoms. The van der Waals surface area contributed by atoms with Crippen molar-refractivity contribution in [1.29, 1.82) is 0 Å². The minimum atomic E-state index is -1.65. The zero-order valence-electron chi connectivity index (χ0n) is 54.7. The molecule has 0 radical (unpaired) electrons. The molecule has 27 nitrogen and oxygen atoms in total. The lowest BCUT2D eigenvalue weighted by atomic mass is 9.83. The van der Waals surface area contributed by atoms with Gasteiger partial charge in [0.15, 0.2) is 23.3 Å². The van der Waals surface area contributed by atoms with Crippen LogP contribution >= 0.6 is 0 Å². The van der Waals surface area contributed by atoms with Crippen molar-refractivity contribution in [1.82, 2.24) is 47.9 Å². The molecule has 0 spiro atoms. The molecule has 1 saturated heterocycles. The molecule has 1 aliphatic heterocycles. The standard InChI is InChI=1S/C63H104N12O15/c1-13-34(5)42(31-47(78)43(25-26-50(64)81)69-60(87)46(33-77)71-61(88)52(36(7)15-3)73-59(86)45(66-11)29-40-22-18-17-19-23-40)57(84)72-51(35(6)14-2)49(80)30-41(32-76)56(83)75-54-39(10)90-62(89)53(37(8)16-4)74-58(85)44(24-20-21-27-68-63(65)67-12)70-55(82)38(9)28-48(54)79/h17-19,22-23,34-39,41-46,51-54,66,76-77H,13-16,20-21,24-33H2,1-12H3,(H2,64,81)(H,69,87)(H,70,82)(H,71,88)(H,72,84)(H,73,86)(H,74,85)(H,75,83)(H3,65,67,68)/t34-,35-,36-,37-,38+,39-,41-,42+,43+,44-,45+,46-,51-,52-,53-,54+/m0/s1. The van der Waals surface area contributed by atoms with Gasteiger partial charge in [0.05, 0.1) is 37.3 Å². The number of nitrogens with zero attached hydrogens (tertiary/aromatic N) is 1. The number of ether oxygens (including phenoxy) is 1. The molecule has 1 aromatic rings. The highest BCUT2D eigenvalue weighted by molar-refractivity contribution is 5.99. The van der Waals surface area contributed by atoms with Crippen LogP contribution in [0.1, 0.15) is 152 Å². The molecule has 0 aliphatic carbocycles. The predicted octanol–water partition coefficient (Wildman–Crippen LogP) is 0.0410. The van der Waals surface area contributed by atoms with Crippen LogP contribution in [0.4, 0.5) is 0 Å². The summed E-state index contributed by atoms with van der Waals surface area (Å²) in [5, 5.41) is 45.6. The van der Waals surface area contributed by atoms with Gasteiger partial charge in [-0.25, -0.2) is 4.79 Å². The van der Waals surface area contributed by atoms with E-state index in [4.69, 9.17) is 16.2 Å². The van der Waals surface area contributed by atoms with E-state index < -0.39 is 205 Å². The van der Waals surface area contributed by atoms with E-state index in [0.717, 1.165) is 5.56 Å². The summed E-state index contributed by atoms with van der Waals surface area (Å²) in [6.07, 6.45) is -0.830. The molecule has 15 N–H and O–H groups in total. The molecule has 0 aromatic heterocycles. The summed E-state index contributed by atoms with van der Waals surface area (Å²) < 4.78 is 5.81. The summed E-state index contributed by atoms with van der Waals surface area (Å²) in [7, 11) is 3.13. The summed E-state index contributed by atoms with van der Waals surface area (Å²) >= 11 is 0. The molecular weight excluding hydrogens is 1160 g/mol.